The summed E-state index contributed by atoms with van der Waals surface area (Å²) in [6.45, 7) is 8.76. The molecule has 0 spiro atoms. The van der Waals surface area contributed by atoms with Gasteiger partial charge < -0.3 is 10.6 Å². The zero-order valence-corrected chi connectivity index (χ0v) is 12.7. The van der Waals surface area contributed by atoms with Gasteiger partial charge in [-0.05, 0) is 44.2 Å². The predicted molar refractivity (Wildman–Crippen MR) is 83.6 cm³/mol. The Morgan fingerprint density at radius 2 is 2.11 bits per heavy atom. The SMILES string of the molecule is CCN(CC1(N)CCCC(C)C1)c1ccccc1C. The molecular formula is C17H28N2. The molecule has 0 radical (unpaired) electrons. The highest BCUT2D eigenvalue weighted by Crippen LogP contribution is 2.32. The number of hydrogen-bond donors (Lipinski definition) is 1. The highest BCUT2D eigenvalue weighted by Gasteiger charge is 2.32. The normalized spacial score (nSPS) is 27.3. The second kappa shape index (κ2) is 5.96. The van der Waals surface area contributed by atoms with Crippen molar-refractivity contribution < 1.29 is 0 Å². The minimum atomic E-state index is -0.00401. The molecular weight excluding hydrogens is 232 g/mol. The summed E-state index contributed by atoms with van der Waals surface area (Å²) in [5.41, 5.74) is 9.35. The fourth-order valence-electron chi connectivity index (χ4n) is 3.51. The van der Waals surface area contributed by atoms with Crippen LogP contribution in [-0.4, -0.2) is 18.6 Å². The van der Waals surface area contributed by atoms with Gasteiger partial charge in [0.05, 0.1) is 0 Å². The number of aryl methyl sites for hydroxylation is 1. The van der Waals surface area contributed by atoms with Crippen LogP contribution in [0.25, 0.3) is 0 Å². The van der Waals surface area contributed by atoms with Gasteiger partial charge in [0.2, 0.25) is 0 Å². The fourth-order valence-corrected chi connectivity index (χ4v) is 3.51. The summed E-state index contributed by atoms with van der Waals surface area (Å²) in [5, 5.41) is 0. The highest BCUT2D eigenvalue weighted by atomic mass is 15.1. The fraction of sp³-hybridized carbons (Fsp3) is 0.647. The van der Waals surface area contributed by atoms with E-state index in [1.165, 1.54) is 30.5 Å². The average Bonchev–Trinajstić information content (AvgIpc) is 2.36. The van der Waals surface area contributed by atoms with E-state index in [-0.39, 0.29) is 5.54 Å². The van der Waals surface area contributed by atoms with Crippen LogP contribution in [0.1, 0.15) is 45.1 Å². The van der Waals surface area contributed by atoms with E-state index in [2.05, 4.69) is 49.9 Å². The quantitative estimate of drug-likeness (QED) is 0.894. The molecule has 0 amide bonds. The Kier molecular flexibility index (Phi) is 4.51. The third kappa shape index (κ3) is 3.50. The van der Waals surface area contributed by atoms with Gasteiger partial charge in [-0.25, -0.2) is 0 Å². The molecule has 1 aromatic carbocycles. The van der Waals surface area contributed by atoms with Crippen LogP contribution in [0.5, 0.6) is 0 Å². The van der Waals surface area contributed by atoms with Crippen LogP contribution in [0.4, 0.5) is 5.69 Å². The van der Waals surface area contributed by atoms with Gasteiger partial charge in [-0.15, -0.1) is 0 Å². The lowest BCUT2D eigenvalue weighted by Crippen LogP contribution is -2.53. The molecule has 2 nitrogen and oxygen atoms in total. The molecule has 2 N–H and O–H groups in total. The van der Waals surface area contributed by atoms with Crippen molar-refractivity contribution in [2.75, 3.05) is 18.0 Å². The molecule has 1 aliphatic carbocycles. The largest absolute Gasteiger partial charge is 0.370 e. The Hall–Kier alpha value is -1.02. The Morgan fingerprint density at radius 3 is 2.74 bits per heavy atom. The summed E-state index contributed by atoms with van der Waals surface area (Å²) in [6, 6.07) is 8.63. The van der Waals surface area contributed by atoms with Gasteiger partial charge in [0.1, 0.15) is 0 Å². The number of anilines is 1. The van der Waals surface area contributed by atoms with Crippen molar-refractivity contribution in [3.05, 3.63) is 29.8 Å². The predicted octanol–water partition coefficient (Wildman–Crippen LogP) is 3.73. The van der Waals surface area contributed by atoms with Crippen LogP contribution in [-0.2, 0) is 0 Å². The maximum Gasteiger partial charge on any atom is 0.0396 e. The summed E-state index contributed by atoms with van der Waals surface area (Å²) < 4.78 is 0. The van der Waals surface area contributed by atoms with Crippen LogP contribution in [0.2, 0.25) is 0 Å². The molecule has 19 heavy (non-hydrogen) atoms. The van der Waals surface area contributed by atoms with Gasteiger partial charge in [0.25, 0.3) is 0 Å². The van der Waals surface area contributed by atoms with Gasteiger partial charge in [-0.1, -0.05) is 38.0 Å². The monoisotopic (exact) mass is 260 g/mol. The van der Waals surface area contributed by atoms with E-state index in [0.29, 0.717) is 0 Å². The molecule has 1 saturated carbocycles. The lowest BCUT2D eigenvalue weighted by molar-refractivity contribution is 0.239. The molecule has 106 valence electrons. The van der Waals surface area contributed by atoms with E-state index in [9.17, 15) is 0 Å². The van der Waals surface area contributed by atoms with Gasteiger partial charge in [0.15, 0.2) is 0 Å². The Bertz CT molecular complexity index is 415. The lowest BCUT2D eigenvalue weighted by atomic mass is 9.76. The molecule has 1 aliphatic rings. The van der Waals surface area contributed by atoms with Gasteiger partial charge in [-0.2, -0.15) is 0 Å². The maximum absolute atomic E-state index is 6.67. The number of likely N-dealkylation sites (N-methyl/N-ethyl adjacent to an activating group) is 1. The number of rotatable bonds is 4. The van der Waals surface area contributed by atoms with Gasteiger partial charge in [0, 0.05) is 24.3 Å². The molecule has 0 aliphatic heterocycles. The van der Waals surface area contributed by atoms with Crippen molar-refractivity contribution in [1.29, 1.82) is 0 Å². The summed E-state index contributed by atoms with van der Waals surface area (Å²) >= 11 is 0. The van der Waals surface area contributed by atoms with E-state index >= 15 is 0 Å². The first-order valence-electron chi connectivity index (χ1n) is 7.63. The molecule has 0 bridgehead atoms. The van der Waals surface area contributed by atoms with Gasteiger partial charge >= 0.3 is 0 Å². The first-order valence-corrected chi connectivity index (χ1v) is 7.63. The van der Waals surface area contributed by atoms with E-state index in [1.807, 2.05) is 0 Å². The molecule has 1 aromatic rings. The molecule has 2 heteroatoms. The molecule has 2 rings (SSSR count). The molecule has 2 atom stereocenters. The van der Waals surface area contributed by atoms with Crippen LogP contribution in [0, 0.1) is 12.8 Å². The summed E-state index contributed by atoms with van der Waals surface area (Å²) in [6.07, 6.45) is 4.95. The van der Waals surface area contributed by atoms with Crippen molar-refractivity contribution in [2.45, 2.75) is 52.0 Å². The Morgan fingerprint density at radius 1 is 1.37 bits per heavy atom. The van der Waals surface area contributed by atoms with Crippen LogP contribution >= 0.6 is 0 Å². The smallest absolute Gasteiger partial charge is 0.0396 e. The highest BCUT2D eigenvalue weighted by molar-refractivity contribution is 5.53. The lowest BCUT2D eigenvalue weighted by Gasteiger charge is -2.41. The van der Waals surface area contributed by atoms with E-state index < -0.39 is 0 Å². The number of nitrogens with two attached hydrogens (primary N) is 1. The van der Waals surface area contributed by atoms with Crippen LogP contribution in [0.15, 0.2) is 24.3 Å². The minimum absolute atomic E-state index is 0.00401. The van der Waals surface area contributed by atoms with Crippen molar-refractivity contribution >= 4 is 5.69 Å². The molecule has 0 aromatic heterocycles. The molecule has 0 heterocycles. The minimum Gasteiger partial charge on any atom is -0.370 e. The number of hydrogen-bond acceptors (Lipinski definition) is 2. The Labute approximate surface area is 118 Å². The topological polar surface area (TPSA) is 29.3 Å². The third-order valence-corrected chi connectivity index (χ3v) is 4.47. The molecule has 1 fully saturated rings. The zero-order valence-electron chi connectivity index (χ0n) is 12.7. The maximum atomic E-state index is 6.67. The second-order valence-corrected chi connectivity index (χ2v) is 6.36. The first-order chi connectivity index (χ1) is 9.04. The van der Waals surface area contributed by atoms with Crippen LogP contribution in [0.3, 0.4) is 0 Å². The van der Waals surface area contributed by atoms with Crippen molar-refractivity contribution in [3.63, 3.8) is 0 Å². The van der Waals surface area contributed by atoms with Gasteiger partial charge in [-0.3, -0.25) is 0 Å². The molecule has 2 unspecified atom stereocenters. The van der Waals surface area contributed by atoms with E-state index in [0.717, 1.165) is 25.4 Å². The van der Waals surface area contributed by atoms with Crippen molar-refractivity contribution in [3.8, 4) is 0 Å². The molecule has 0 saturated heterocycles. The number of para-hydroxylation sites is 1. The zero-order chi connectivity index (χ0) is 13.9. The number of nitrogens with zero attached hydrogens (tertiary/aromatic N) is 1. The Balaban J connectivity index is 2.13. The first kappa shape index (κ1) is 14.4. The second-order valence-electron chi connectivity index (χ2n) is 6.36. The summed E-state index contributed by atoms with van der Waals surface area (Å²) in [5.74, 6) is 0.773. The van der Waals surface area contributed by atoms with Crippen molar-refractivity contribution in [1.82, 2.24) is 0 Å². The van der Waals surface area contributed by atoms with Crippen molar-refractivity contribution in [2.24, 2.45) is 11.7 Å². The van der Waals surface area contributed by atoms with E-state index in [1.54, 1.807) is 0 Å². The number of benzene rings is 1. The average molecular weight is 260 g/mol. The standard InChI is InChI=1S/C17H28N2/c1-4-19(16-10-6-5-9-15(16)3)13-17(18)11-7-8-14(2)12-17/h5-6,9-10,14H,4,7-8,11-13,18H2,1-3H3. The summed E-state index contributed by atoms with van der Waals surface area (Å²) in [4.78, 5) is 2.45. The third-order valence-electron chi connectivity index (χ3n) is 4.47. The van der Waals surface area contributed by atoms with Crippen LogP contribution < -0.4 is 10.6 Å². The van der Waals surface area contributed by atoms with E-state index in [4.69, 9.17) is 5.73 Å². The summed E-state index contributed by atoms with van der Waals surface area (Å²) in [7, 11) is 0.